The zero-order chi connectivity index (χ0) is 10.8. The van der Waals surface area contributed by atoms with E-state index in [1.54, 1.807) is 6.20 Å². The van der Waals surface area contributed by atoms with Crippen molar-refractivity contribution in [2.75, 3.05) is 0 Å². The summed E-state index contributed by atoms with van der Waals surface area (Å²) >= 11 is 0. The number of amides is 1. The third-order valence-corrected chi connectivity index (χ3v) is 2.60. The summed E-state index contributed by atoms with van der Waals surface area (Å²) in [4.78, 5) is 15.8. The summed E-state index contributed by atoms with van der Waals surface area (Å²) in [6.45, 7) is 4.19. The highest BCUT2D eigenvalue weighted by atomic mass is 16.1. The minimum atomic E-state index is 0. The van der Waals surface area contributed by atoms with Crippen LogP contribution in [-0.2, 0) is 0 Å². The number of nitrogens with one attached hydrogen (secondary N) is 1. The van der Waals surface area contributed by atoms with Gasteiger partial charge in [-0.25, -0.2) is 0 Å². The van der Waals surface area contributed by atoms with Gasteiger partial charge in [0, 0.05) is 19.9 Å². The number of nitrogens with zero attached hydrogens (tertiary/aromatic N) is 1. The molecule has 2 rings (SSSR count). The first-order chi connectivity index (χ1) is 7.16. The van der Waals surface area contributed by atoms with E-state index in [-0.39, 0.29) is 7.33 Å². The normalized spacial score (nSPS) is 15.4. The Bertz CT molecular complexity index is 375. The summed E-state index contributed by atoms with van der Waals surface area (Å²) in [5.41, 5.74) is 1.78. The van der Waals surface area contributed by atoms with Gasteiger partial charge in [-0.3, -0.25) is 9.78 Å². The van der Waals surface area contributed by atoms with Crippen LogP contribution in [0.1, 0.15) is 50.0 Å². The molecule has 0 radical (unpaired) electrons. The van der Waals surface area contributed by atoms with Crippen LogP contribution in [0, 0.1) is 0 Å². The van der Waals surface area contributed by atoms with Crippen LogP contribution < -0.4 is 5.32 Å². The Morgan fingerprint density at radius 1 is 1.53 bits per heavy atom. The van der Waals surface area contributed by atoms with Crippen molar-refractivity contribution >= 4 is 5.91 Å². The fourth-order valence-corrected chi connectivity index (χ4v) is 1.39. The van der Waals surface area contributed by atoms with Crippen LogP contribution in [0.3, 0.4) is 0 Å². The van der Waals surface area contributed by atoms with E-state index in [9.17, 15) is 4.79 Å². The molecule has 15 heavy (non-hydrogen) atoms. The molecule has 0 spiro atoms. The predicted molar refractivity (Wildman–Crippen MR) is 60.9 cm³/mol. The Balaban J connectivity index is 0.00000128. The van der Waals surface area contributed by atoms with E-state index in [4.69, 9.17) is 0 Å². The lowest BCUT2D eigenvalue weighted by Gasteiger charge is -2.07. The molecule has 0 bridgehead atoms. The molecule has 1 fully saturated rings. The lowest BCUT2D eigenvalue weighted by molar-refractivity contribution is 0.0950. The minimum absolute atomic E-state index is 0. The largest absolute Gasteiger partial charge is 0.349 e. The van der Waals surface area contributed by atoms with E-state index in [0.29, 0.717) is 17.5 Å². The standard InChI is InChI=1S/C12H16N2O.H2/c1-8(2)9-5-10(7-13-6-9)12(15)14-11-3-4-11;/h5-8,11H,3-4H2,1-2H3,(H,14,15);1H. The predicted octanol–water partition coefficient (Wildman–Crippen LogP) is 2.34. The Hall–Kier alpha value is -1.38. The summed E-state index contributed by atoms with van der Waals surface area (Å²) in [5, 5.41) is 2.96. The molecule has 0 atom stereocenters. The number of aromatic nitrogens is 1. The monoisotopic (exact) mass is 206 g/mol. The SMILES string of the molecule is CC(C)c1cncc(C(=O)NC2CC2)c1.[HH]. The van der Waals surface area contributed by atoms with Crippen molar-refractivity contribution in [3.63, 3.8) is 0 Å². The van der Waals surface area contributed by atoms with Crippen LogP contribution in [0.15, 0.2) is 18.5 Å². The first-order valence-electron chi connectivity index (χ1n) is 5.42. The fraction of sp³-hybridized carbons (Fsp3) is 0.500. The lowest BCUT2D eigenvalue weighted by Crippen LogP contribution is -2.25. The molecule has 1 aliphatic rings. The number of hydrogen-bond donors (Lipinski definition) is 1. The molecule has 1 heterocycles. The summed E-state index contributed by atoms with van der Waals surface area (Å²) < 4.78 is 0. The summed E-state index contributed by atoms with van der Waals surface area (Å²) in [6.07, 6.45) is 5.67. The molecule has 0 saturated heterocycles. The number of carbonyl (C=O) groups excluding carboxylic acids is 1. The molecule has 1 N–H and O–H groups in total. The fourth-order valence-electron chi connectivity index (χ4n) is 1.39. The van der Waals surface area contributed by atoms with E-state index < -0.39 is 0 Å². The van der Waals surface area contributed by atoms with Crippen LogP contribution in [0.4, 0.5) is 0 Å². The van der Waals surface area contributed by atoms with Gasteiger partial charge in [-0.05, 0) is 30.4 Å². The summed E-state index contributed by atoms with van der Waals surface area (Å²) in [5.74, 6) is 0.415. The third-order valence-electron chi connectivity index (χ3n) is 2.60. The number of pyridine rings is 1. The van der Waals surface area contributed by atoms with E-state index in [0.717, 1.165) is 18.4 Å². The third kappa shape index (κ3) is 2.55. The van der Waals surface area contributed by atoms with Gasteiger partial charge in [0.15, 0.2) is 0 Å². The van der Waals surface area contributed by atoms with Gasteiger partial charge in [0.2, 0.25) is 0 Å². The van der Waals surface area contributed by atoms with Gasteiger partial charge >= 0.3 is 0 Å². The lowest BCUT2D eigenvalue weighted by atomic mass is 10.0. The number of carbonyl (C=O) groups is 1. The quantitative estimate of drug-likeness (QED) is 0.824. The Morgan fingerprint density at radius 2 is 2.27 bits per heavy atom. The van der Waals surface area contributed by atoms with Gasteiger partial charge in [0.25, 0.3) is 5.91 Å². The maximum atomic E-state index is 11.7. The maximum Gasteiger partial charge on any atom is 0.253 e. The molecule has 3 nitrogen and oxygen atoms in total. The Morgan fingerprint density at radius 3 is 2.87 bits per heavy atom. The molecular weight excluding hydrogens is 188 g/mol. The molecular formula is C12H18N2O. The van der Waals surface area contributed by atoms with E-state index >= 15 is 0 Å². The molecule has 3 heteroatoms. The van der Waals surface area contributed by atoms with E-state index in [1.165, 1.54) is 0 Å². The van der Waals surface area contributed by atoms with Gasteiger partial charge in [-0.2, -0.15) is 0 Å². The van der Waals surface area contributed by atoms with Crippen molar-refractivity contribution < 1.29 is 6.22 Å². The van der Waals surface area contributed by atoms with Crippen LogP contribution in [0.25, 0.3) is 0 Å². The van der Waals surface area contributed by atoms with E-state index in [2.05, 4.69) is 24.1 Å². The van der Waals surface area contributed by atoms with Gasteiger partial charge in [-0.1, -0.05) is 13.8 Å². The Kier molecular flexibility index (Phi) is 2.71. The van der Waals surface area contributed by atoms with Crippen molar-refractivity contribution in [2.24, 2.45) is 0 Å². The highest BCUT2D eigenvalue weighted by Gasteiger charge is 2.23. The molecule has 0 aliphatic heterocycles. The highest BCUT2D eigenvalue weighted by molar-refractivity contribution is 5.94. The molecule has 1 amide bonds. The molecule has 82 valence electrons. The van der Waals surface area contributed by atoms with Crippen LogP contribution in [0.2, 0.25) is 0 Å². The van der Waals surface area contributed by atoms with Gasteiger partial charge < -0.3 is 5.32 Å². The van der Waals surface area contributed by atoms with Crippen molar-refractivity contribution in [3.05, 3.63) is 29.6 Å². The minimum Gasteiger partial charge on any atom is -0.349 e. The summed E-state index contributed by atoms with van der Waals surface area (Å²) in [6, 6.07) is 2.33. The number of hydrogen-bond acceptors (Lipinski definition) is 2. The molecule has 1 aliphatic carbocycles. The first-order valence-corrected chi connectivity index (χ1v) is 5.42. The smallest absolute Gasteiger partial charge is 0.253 e. The second-order valence-corrected chi connectivity index (χ2v) is 4.41. The second kappa shape index (κ2) is 4.01. The maximum absolute atomic E-state index is 11.7. The average Bonchev–Trinajstić information content (AvgIpc) is 3.02. The van der Waals surface area contributed by atoms with Crippen LogP contribution in [0.5, 0.6) is 0 Å². The zero-order valence-corrected chi connectivity index (χ0v) is 9.16. The van der Waals surface area contributed by atoms with Gasteiger partial charge in [0.05, 0.1) is 5.56 Å². The molecule has 1 aromatic heterocycles. The molecule has 1 aromatic rings. The highest BCUT2D eigenvalue weighted by Crippen LogP contribution is 2.20. The zero-order valence-electron chi connectivity index (χ0n) is 9.16. The van der Waals surface area contributed by atoms with Crippen LogP contribution >= 0.6 is 0 Å². The topological polar surface area (TPSA) is 42.0 Å². The molecule has 0 aromatic carbocycles. The average molecular weight is 206 g/mol. The van der Waals surface area contributed by atoms with Gasteiger partial charge in [0.1, 0.15) is 0 Å². The number of rotatable bonds is 3. The van der Waals surface area contributed by atoms with E-state index in [1.807, 2.05) is 12.3 Å². The van der Waals surface area contributed by atoms with Crippen LogP contribution in [-0.4, -0.2) is 16.9 Å². The first kappa shape index (κ1) is 10.1. The second-order valence-electron chi connectivity index (χ2n) is 4.41. The molecule has 0 unspecified atom stereocenters. The van der Waals surface area contributed by atoms with Crippen molar-refractivity contribution in [3.8, 4) is 0 Å². The summed E-state index contributed by atoms with van der Waals surface area (Å²) in [7, 11) is 0. The molecule has 1 saturated carbocycles. The van der Waals surface area contributed by atoms with Crippen molar-refractivity contribution in [1.82, 2.24) is 10.3 Å². The van der Waals surface area contributed by atoms with Gasteiger partial charge in [-0.15, -0.1) is 0 Å². The van der Waals surface area contributed by atoms with Crippen molar-refractivity contribution in [2.45, 2.75) is 38.6 Å². The van der Waals surface area contributed by atoms with Crippen molar-refractivity contribution in [1.29, 1.82) is 0 Å². The Labute approximate surface area is 91.4 Å².